The molecule has 3 rings (SSSR count). The maximum absolute atomic E-state index is 11.1. The van der Waals surface area contributed by atoms with E-state index in [2.05, 4.69) is 0 Å². The summed E-state index contributed by atoms with van der Waals surface area (Å²) in [6.45, 7) is 0. The largest absolute Gasteiger partial charge is 0.420 e. The van der Waals surface area contributed by atoms with Gasteiger partial charge in [-0.25, -0.2) is 4.79 Å². The highest BCUT2D eigenvalue weighted by molar-refractivity contribution is 6.43. The summed E-state index contributed by atoms with van der Waals surface area (Å²) in [5, 5.41) is 2.00. The van der Waals surface area contributed by atoms with Gasteiger partial charge in [-0.1, -0.05) is 42.5 Å². The molecule has 0 spiro atoms. The molecule has 0 atom stereocenters. The highest BCUT2D eigenvalue weighted by Gasteiger charge is 2.25. The SMILES string of the molecule is O=C1C=C(c2cccc3ccccc23)OC1=O. The van der Waals surface area contributed by atoms with E-state index in [1.54, 1.807) is 0 Å². The molecule has 1 heterocycles. The number of ether oxygens (including phenoxy) is 1. The smallest absolute Gasteiger partial charge is 0.384 e. The van der Waals surface area contributed by atoms with Gasteiger partial charge in [0, 0.05) is 11.6 Å². The topological polar surface area (TPSA) is 43.4 Å². The van der Waals surface area contributed by atoms with Gasteiger partial charge in [0.05, 0.1) is 0 Å². The first-order chi connectivity index (χ1) is 8.25. The van der Waals surface area contributed by atoms with Crippen LogP contribution in [0.5, 0.6) is 0 Å². The van der Waals surface area contributed by atoms with Gasteiger partial charge in [0.1, 0.15) is 5.76 Å². The molecule has 2 aromatic carbocycles. The molecule has 0 saturated heterocycles. The number of fused-ring (bicyclic) bond motifs is 1. The van der Waals surface area contributed by atoms with Crippen molar-refractivity contribution in [3.63, 3.8) is 0 Å². The van der Waals surface area contributed by atoms with Crippen LogP contribution in [-0.4, -0.2) is 11.8 Å². The Morgan fingerprint density at radius 3 is 2.41 bits per heavy atom. The van der Waals surface area contributed by atoms with E-state index >= 15 is 0 Å². The summed E-state index contributed by atoms with van der Waals surface area (Å²) in [7, 11) is 0. The third-order valence-electron chi connectivity index (χ3n) is 2.72. The molecule has 1 aliphatic rings. The fourth-order valence-electron chi connectivity index (χ4n) is 1.93. The standard InChI is InChI=1S/C14H8O3/c15-12-8-13(17-14(12)16)11-7-3-5-9-4-1-2-6-10(9)11/h1-8H. The Labute approximate surface area is 97.3 Å². The van der Waals surface area contributed by atoms with Crippen molar-refractivity contribution in [2.75, 3.05) is 0 Å². The number of hydrogen-bond acceptors (Lipinski definition) is 3. The van der Waals surface area contributed by atoms with E-state index < -0.39 is 11.8 Å². The van der Waals surface area contributed by atoms with Crippen molar-refractivity contribution < 1.29 is 14.3 Å². The minimum absolute atomic E-state index is 0.330. The van der Waals surface area contributed by atoms with Gasteiger partial charge in [-0.15, -0.1) is 0 Å². The molecule has 0 saturated carbocycles. The number of carbonyl (C=O) groups excluding carboxylic acids is 2. The van der Waals surface area contributed by atoms with Gasteiger partial charge in [0.25, 0.3) is 5.78 Å². The van der Waals surface area contributed by atoms with Crippen LogP contribution in [0.25, 0.3) is 16.5 Å². The van der Waals surface area contributed by atoms with Crippen LogP contribution in [0.2, 0.25) is 0 Å². The number of ketones is 1. The van der Waals surface area contributed by atoms with Crippen LogP contribution in [0.4, 0.5) is 0 Å². The van der Waals surface area contributed by atoms with Crippen molar-refractivity contribution in [2.45, 2.75) is 0 Å². The van der Waals surface area contributed by atoms with E-state index in [0.29, 0.717) is 5.76 Å². The van der Waals surface area contributed by atoms with Crippen molar-refractivity contribution in [1.82, 2.24) is 0 Å². The van der Waals surface area contributed by atoms with Crippen LogP contribution in [0, 0.1) is 0 Å². The fourth-order valence-corrected chi connectivity index (χ4v) is 1.93. The second-order valence-corrected chi connectivity index (χ2v) is 3.79. The summed E-state index contributed by atoms with van der Waals surface area (Å²) in [6.07, 6.45) is 1.24. The van der Waals surface area contributed by atoms with Gasteiger partial charge in [-0.2, -0.15) is 0 Å². The zero-order chi connectivity index (χ0) is 11.8. The second kappa shape index (κ2) is 3.56. The molecule has 0 bridgehead atoms. The lowest BCUT2D eigenvalue weighted by Gasteiger charge is -2.06. The summed E-state index contributed by atoms with van der Waals surface area (Å²) in [4.78, 5) is 22.2. The molecule has 0 fully saturated rings. The Kier molecular flexibility index (Phi) is 2.05. The Hall–Kier alpha value is -2.42. The number of hydrogen-bond donors (Lipinski definition) is 0. The molecule has 0 unspecified atom stereocenters. The van der Waals surface area contributed by atoms with E-state index in [-0.39, 0.29) is 0 Å². The number of benzene rings is 2. The number of rotatable bonds is 1. The molecule has 17 heavy (non-hydrogen) atoms. The molecule has 0 aliphatic carbocycles. The molecule has 82 valence electrons. The van der Waals surface area contributed by atoms with Crippen LogP contribution >= 0.6 is 0 Å². The van der Waals surface area contributed by atoms with Crippen LogP contribution < -0.4 is 0 Å². The van der Waals surface area contributed by atoms with Crippen molar-refractivity contribution >= 4 is 28.3 Å². The minimum atomic E-state index is -0.812. The minimum Gasteiger partial charge on any atom is -0.420 e. The number of cyclic esters (lactones) is 1. The predicted molar refractivity (Wildman–Crippen MR) is 63.0 cm³/mol. The van der Waals surface area contributed by atoms with Gasteiger partial charge in [0.15, 0.2) is 0 Å². The quantitative estimate of drug-likeness (QED) is 0.551. The average molecular weight is 224 g/mol. The fraction of sp³-hybridized carbons (Fsp3) is 0. The third kappa shape index (κ3) is 1.52. The maximum atomic E-state index is 11.1. The third-order valence-corrected chi connectivity index (χ3v) is 2.72. The van der Waals surface area contributed by atoms with Crippen molar-refractivity contribution in [3.05, 3.63) is 54.1 Å². The zero-order valence-electron chi connectivity index (χ0n) is 8.84. The first-order valence-corrected chi connectivity index (χ1v) is 5.22. The molecule has 0 radical (unpaired) electrons. The normalized spacial score (nSPS) is 14.9. The summed E-state index contributed by atoms with van der Waals surface area (Å²) < 4.78 is 4.94. The van der Waals surface area contributed by atoms with Crippen LogP contribution in [0.3, 0.4) is 0 Å². The van der Waals surface area contributed by atoms with E-state index in [1.807, 2.05) is 42.5 Å². The zero-order valence-corrected chi connectivity index (χ0v) is 8.84. The van der Waals surface area contributed by atoms with Crippen molar-refractivity contribution in [1.29, 1.82) is 0 Å². The van der Waals surface area contributed by atoms with E-state index in [4.69, 9.17) is 4.74 Å². The van der Waals surface area contributed by atoms with E-state index in [9.17, 15) is 9.59 Å². The average Bonchev–Trinajstić information content (AvgIpc) is 2.69. The summed E-state index contributed by atoms with van der Waals surface area (Å²) in [6, 6.07) is 13.4. The molecule has 2 aromatic rings. The lowest BCUT2D eigenvalue weighted by molar-refractivity contribution is -0.144. The van der Waals surface area contributed by atoms with Gasteiger partial charge < -0.3 is 4.74 Å². The van der Waals surface area contributed by atoms with Gasteiger partial charge in [-0.3, -0.25) is 4.79 Å². The highest BCUT2D eigenvalue weighted by atomic mass is 16.5. The highest BCUT2D eigenvalue weighted by Crippen LogP contribution is 2.28. The second-order valence-electron chi connectivity index (χ2n) is 3.79. The van der Waals surface area contributed by atoms with Crippen LogP contribution in [0.15, 0.2) is 48.5 Å². The van der Waals surface area contributed by atoms with Crippen LogP contribution in [-0.2, 0) is 14.3 Å². The Morgan fingerprint density at radius 2 is 1.65 bits per heavy atom. The summed E-state index contributed by atoms with van der Waals surface area (Å²) >= 11 is 0. The first-order valence-electron chi connectivity index (χ1n) is 5.22. The van der Waals surface area contributed by atoms with Gasteiger partial charge in [-0.05, 0) is 10.8 Å². The monoisotopic (exact) mass is 224 g/mol. The van der Waals surface area contributed by atoms with E-state index in [0.717, 1.165) is 16.3 Å². The number of esters is 1. The Balaban J connectivity index is 2.22. The predicted octanol–water partition coefficient (Wildman–Crippen LogP) is 2.31. The van der Waals surface area contributed by atoms with Crippen molar-refractivity contribution in [3.8, 4) is 0 Å². The lowest BCUT2D eigenvalue weighted by atomic mass is 10.0. The van der Waals surface area contributed by atoms with Gasteiger partial charge >= 0.3 is 5.97 Å². The molecule has 0 amide bonds. The maximum Gasteiger partial charge on any atom is 0.384 e. The molecule has 1 aliphatic heterocycles. The van der Waals surface area contributed by atoms with Gasteiger partial charge in [0.2, 0.25) is 0 Å². The number of carbonyl (C=O) groups is 2. The van der Waals surface area contributed by atoms with E-state index in [1.165, 1.54) is 6.08 Å². The Morgan fingerprint density at radius 1 is 0.882 bits per heavy atom. The molecule has 3 heteroatoms. The Bertz CT molecular complexity index is 663. The molecule has 0 aromatic heterocycles. The van der Waals surface area contributed by atoms with Crippen molar-refractivity contribution in [2.24, 2.45) is 0 Å². The summed E-state index contributed by atoms with van der Waals surface area (Å²) in [5.41, 5.74) is 0.766. The lowest BCUT2D eigenvalue weighted by Crippen LogP contribution is -2.05. The molecular weight excluding hydrogens is 216 g/mol. The molecule has 0 N–H and O–H groups in total. The molecule has 3 nitrogen and oxygen atoms in total. The molecular formula is C14H8O3. The first kappa shape index (κ1) is 9.78. The summed E-state index contributed by atoms with van der Waals surface area (Å²) in [5.74, 6) is -1.09. The van der Waals surface area contributed by atoms with Crippen LogP contribution in [0.1, 0.15) is 5.56 Å².